The smallest absolute Gasteiger partial charge is 0.273 e. The highest BCUT2D eigenvalue weighted by molar-refractivity contribution is 5.46. The van der Waals surface area contributed by atoms with Crippen molar-refractivity contribution in [3.8, 4) is 11.5 Å². The van der Waals surface area contributed by atoms with Crippen molar-refractivity contribution in [2.75, 3.05) is 7.05 Å². The molecular formula is C16H18N2O3. The van der Waals surface area contributed by atoms with Crippen LogP contribution in [0.1, 0.15) is 24.1 Å². The fourth-order valence-electron chi connectivity index (χ4n) is 1.93. The van der Waals surface area contributed by atoms with Gasteiger partial charge in [-0.3, -0.25) is 10.1 Å². The first kappa shape index (κ1) is 15.0. The number of nitro groups is 1. The Morgan fingerprint density at radius 1 is 1.19 bits per heavy atom. The first-order valence-corrected chi connectivity index (χ1v) is 6.71. The van der Waals surface area contributed by atoms with Crippen LogP contribution in [0.15, 0.2) is 42.5 Å². The molecule has 5 nitrogen and oxygen atoms in total. The van der Waals surface area contributed by atoms with Crippen LogP contribution in [-0.2, 0) is 0 Å². The number of aryl methyl sites for hydroxylation is 1. The van der Waals surface area contributed by atoms with Gasteiger partial charge >= 0.3 is 0 Å². The van der Waals surface area contributed by atoms with Crippen LogP contribution in [0.5, 0.6) is 11.5 Å². The number of hydrogen-bond donors (Lipinski definition) is 1. The minimum atomic E-state index is -0.427. The predicted molar refractivity (Wildman–Crippen MR) is 81.8 cm³/mol. The van der Waals surface area contributed by atoms with Crippen molar-refractivity contribution in [2.24, 2.45) is 0 Å². The molecular weight excluding hydrogens is 268 g/mol. The fourth-order valence-corrected chi connectivity index (χ4v) is 1.93. The van der Waals surface area contributed by atoms with Crippen molar-refractivity contribution in [3.05, 3.63) is 63.7 Å². The summed E-state index contributed by atoms with van der Waals surface area (Å²) in [6.45, 7) is 3.93. The Morgan fingerprint density at radius 2 is 1.86 bits per heavy atom. The van der Waals surface area contributed by atoms with E-state index in [1.165, 1.54) is 12.1 Å². The van der Waals surface area contributed by atoms with E-state index in [4.69, 9.17) is 4.74 Å². The molecule has 1 unspecified atom stereocenters. The van der Waals surface area contributed by atoms with Crippen LogP contribution >= 0.6 is 0 Å². The Labute approximate surface area is 123 Å². The summed E-state index contributed by atoms with van der Waals surface area (Å²) in [5.74, 6) is 1.16. The van der Waals surface area contributed by atoms with Crippen LogP contribution < -0.4 is 10.1 Å². The van der Waals surface area contributed by atoms with Crippen LogP contribution in [0.4, 0.5) is 5.69 Å². The van der Waals surface area contributed by atoms with Crippen LogP contribution in [0, 0.1) is 17.0 Å². The lowest BCUT2D eigenvalue weighted by Crippen LogP contribution is -2.11. The molecule has 2 aromatic carbocycles. The van der Waals surface area contributed by atoms with E-state index in [1.54, 1.807) is 6.07 Å². The van der Waals surface area contributed by atoms with Gasteiger partial charge in [-0.25, -0.2) is 0 Å². The highest BCUT2D eigenvalue weighted by Crippen LogP contribution is 2.29. The van der Waals surface area contributed by atoms with Crippen LogP contribution in [0.3, 0.4) is 0 Å². The van der Waals surface area contributed by atoms with Crippen molar-refractivity contribution in [3.63, 3.8) is 0 Å². The zero-order valence-electron chi connectivity index (χ0n) is 12.3. The largest absolute Gasteiger partial charge is 0.457 e. The molecule has 0 amide bonds. The monoisotopic (exact) mass is 286 g/mol. The lowest BCUT2D eigenvalue weighted by atomic mass is 10.1. The number of nitrogens with zero attached hydrogens (tertiary/aromatic N) is 1. The second kappa shape index (κ2) is 6.37. The van der Waals surface area contributed by atoms with Gasteiger partial charge < -0.3 is 10.1 Å². The number of rotatable bonds is 5. The predicted octanol–water partition coefficient (Wildman–Crippen LogP) is 3.98. The first-order valence-electron chi connectivity index (χ1n) is 6.71. The molecule has 0 bridgehead atoms. The molecule has 1 N–H and O–H groups in total. The highest BCUT2D eigenvalue weighted by atomic mass is 16.6. The second-order valence-electron chi connectivity index (χ2n) is 4.89. The van der Waals surface area contributed by atoms with E-state index in [9.17, 15) is 10.1 Å². The van der Waals surface area contributed by atoms with Gasteiger partial charge in [0.1, 0.15) is 11.5 Å². The minimum Gasteiger partial charge on any atom is -0.457 e. The van der Waals surface area contributed by atoms with E-state index in [0.717, 1.165) is 11.1 Å². The number of nitro benzene ring substituents is 1. The Morgan fingerprint density at radius 3 is 2.43 bits per heavy atom. The van der Waals surface area contributed by atoms with E-state index in [0.29, 0.717) is 11.5 Å². The van der Waals surface area contributed by atoms with Gasteiger partial charge in [0.25, 0.3) is 5.69 Å². The van der Waals surface area contributed by atoms with E-state index < -0.39 is 4.92 Å². The Hall–Kier alpha value is -2.40. The summed E-state index contributed by atoms with van der Waals surface area (Å²) in [7, 11) is 1.90. The van der Waals surface area contributed by atoms with E-state index >= 15 is 0 Å². The van der Waals surface area contributed by atoms with Crippen LogP contribution in [-0.4, -0.2) is 12.0 Å². The van der Waals surface area contributed by atoms with Gasteiger partial charge in [0, 0.05) is 12.1 Å². The fraction of sp³-hybridized carbons (Fsp3) is 0.250. The number of ether oxygens (including phenoxy) is 1. The van der Waals surface area contributed by atoms with Gasteiger partial charge in [0.2, 0.25) is 0 Å². The third-order valence-electron chi connectivity index (χ3n) is 3.42. The third-order valence-corrected chi connectivity index (χ3v) is 3.42. The number of nitrogens with one attached hydrogen (secondary N) is 1. The lowest BCUT2D eigenvalue weighted by molar-refractivity contribution is -0.384. The first-order chi connectivity index (χ1) is 10.0. The molecule has 0 fully saturated rings. The zero-order chi connectivity index (χ0) is 15.4. The molecule has 0 spiro atoms. The highest BCUT2D eigenvalue weighted by Gasteiger charge is 2.10. The van der Waals surface area contributed by atoms with E-state index in [1.807, 2.05) is 38.2 Å². The average Bonchev–Trinajstić information content (AvgIpc) is 2.49. The molecule has 5 heteroatoms. The molecule has 2 rings (SSSR count). The van der Waals surface area contributed by atoms with Gasteiger partial charge in [0.15, 0.2) is 0 Å². The molecule has 0 aromatic heterocycles. The molecule has 0 heterocycles. The third kappa shape index (κ3) is 3.58. The van der Waals surface area contributed by atoms with Crippen molar-refractivity contribution < 1.29 is 9.66 Å². The summed E-state index contributed by atoms with van der Waals surface area (Å²) >= 11 is 0. The summed E-state index contributed by atoms with van der Waals surface area (Å²) in [6, 6.07) is 12.5. The molecule has 2 aromatic rings. The number of non-ortho nitro benzene ring substituents is 1. The van der Waals surface area contributed by atoms with E-state index in [-0.39, 0.29) is 11.7 Å². The number of benzene rings is 2. The SMILES string of the molecule is CNC(C)c1ccc(Oc2cc([N+](=O)[O-])ccc2C)cc1. The second-order valence-corrected chi connectivity index (χ2v) is 4.89. The summed E-state index contributed by atoms with van der Waals surface area (Å²) in [5.41, 5.74) is 2.03. The zero-order valence-corrected chi connectivity index (χ0v) is 12.3. The molecule has 110 valence electrons. The quantitative estimate of drug-likeness (QED) is 0.667. The summed E-state index contributed by atoms with van der Waals surface area (Å²) < 4.78 is 5.74. The Bertz CT molecular complexity index is 638. The normalized spacial score (nSPS) is 12.0. The molecule has 0 aliphatic rings. The molecule has 21 heavy (non-hydrogen) atoms. The maximum atomic E-state index is 10.8. The Balaban J connectivity index is 2.22. The summed E-state index contributed by atoms with van der Waals surface area (Å²) in [5, 5.41) is 14.0. The summed E-state index contributed by atoms with van der Waals surface area (Å²) in [4.78, 5) is 10.4. The minimum absolute atomic E-state index is 0.0241. The van der Waals surface area contributed by atoms with Crippen molar-refractivity contribution in [1.29, 1.82) is 0 Å². The molecule has 0 saturated heterocycles. The molecule has 1 atom stereocenters. The van der Waals surface area contributed by atoms with Gasteiger partial charge in [-0.2, -0.15) is 0 Å². The standard InChI is InChI=1S/C16H18N2O3/c1-11-4-7-14(18(19)20)10-16(11)21-15-8-5-13(6-9-15)12(2)17-3/h4-10,12,17H,1-3H3. The van der Waals surface area contributed by atoms with E-state index in [2.05, 4.69) is 12.2 Å². The van der Waals surface area contributed by atoms with Crippen molar-refractivity contribution in [1.82, 2.24) is 5.32 Å². The van der Waals surface area contributed by atoms with Gasteiger partial charge in [-0.15, -0.1) is 0 Å². The molecule has 0 saturated carbocycles. The van der Waals surface area contributed by atoms with Crippen molar-refractivity contribution >= 4 is 5.69 Å². The van der Waals surface area contributed by atoms with Crippen molar-refractivity contribution in [2.45, 2.75) is 19.9 Å². The lowest BCUT2D eigenvalue weighted by Gasteiger charge is -2.12. The van der Waals surface area contributed by atoms with Crippen LogP contribution in [0.25, 0.3) is 0 Å². The Kier molecular flexibility index (Phi) is 4.55. The topological polar surface area (TPSA) is 64.4 Å². The number of hydrogen-bond acceptors (Lipinski definition) is 4. The average molecular weight is 286 g/mol. The maximum Gasteiger partial charge on any atom is 0.273 e. The molecule has 0 radical (unpaired) electrons. The van der Waals surface area contributed by atoms with Gasteiger partial charge in [0.05, 0.1) is 11.0 Å². The van der Waals surface area contributed by atoms with Gasteiger partial charge in [-0.1, -0.05) is 12.1 Å². The molecule has 0 aliphatic heterocycles. The maximum absolute atomic E-state index is 10.8. The van der Waals surface area contributed by atoms with Gasteiger partial charge in [-0.05, 0) is 50.2 Å². The summed E-state index contributed by atoms with van der Waals surface area (Å²) in [6.07, 6.45) is 0. The van der Waals surface area contributed by atoms with Crippen LogP contribution in [0.2, 0.25) is 0 Å². The molecule has 0 aliphatic carbocycles.